The number of carbonyl (C=O) groups is 1. The van der Waals surface area contributed by atoms with Crippen LogP contribution in [0.25, 0.3) is 0 Å². The fourth-order valence-electron chi connectivity index (χ4n) is 4.74. The number of nitrogens with zero attached hydrogens (tertiary/aromatic N) is 1. The molecule has 0 spiro atoms. The van der Waals surface area contributed by atoms with Crippen LogP contribution in [0.2, 0.25) is 18.1 Å². The zero-order valence-electron chi connectivity index (χ0n) is 21.8. The predicted molar refractivity (Wildman–Crippen MR) is 142 cm³/mol. The Morgan fingerprint density at radius 1 is 1.03 bits per heavy atom. The van der Waals surface area contributed by atoms with Crippen LogP contribution in [0.1, 0.15) is 55.9 Å². The summed E-state index contributed by atoms with van der Waals surface area (Å²) in [6.45, 7) is 9.99. The summed E-state index contributed by atoms with van der Waals surface area (Å²) in [5.41, 5.74) is 3.52. The number of amides is 2. The Kier molecular flexibility index (Phi) is 7.09. The molecule has 36 heavy (non-hydrogen) atoms. The van der Waals surface area contributed by atoms with Gasteiger partial charge in [0.25, 0.3) is 0 Å². The molecule has 2 amide bonds. The standard InChI is InChI=1S/C26H35F2N3O3SSi/c1-26(2,3)36(5,6)31-35(33,22-14-13-16(34-4)15-21(22)27)30-25(32)29-24-19-11-7-9-17(19)23(28)18-10-8-12-20(18)24/h13-15H,7-12H2,1-6H3,(H2,29,30,31,32,33). The van der Waals surface area contributed by atoms with Crippen LogP contribution in [0.4, 0.5) is 19.3 Å². The summed E-state index contributed by atoms with van der Waals surface area (Å²) >= 11 is 0. The third kappa shape index (κ3) is 4.82. The fourth-order valence-corrected chi connectivity index (χ4v) is 10.3. The number of rotatable bonds is 5. The molecule has 2 aliphatic carbocycles. The van der Waals surface area contributed by atoms with Crippen LogP contribution in [0.15, 0.2) is 27.5 Å². The minimum atomic E-state index is -3.70. The molecule has 0 radical (unpaired) electrons. The summed E-state index contributed by atoms with van der Waals surface area (Å²) in [7, 11) is -4.80. The van der Waals surface area contributed by atoms with Crippen molar-refractivity contribution in [3.8, 4) is 5.75 Å². The molecule has 0 saturated carbocycles. The molecular formula is C26H35F2N3O3SSi. The third-order valence-electron chi connectivity index (χ3n) is 7.72. The molecule has 1 unspecified atom stereocenters. The van der Waals surface area contributed by atoms with Crippen molar-refractivity contribution in [1.82, 2.24) is 4.39 Å². The molecule has 196 valence electrons. The van der Waals surface area contributed by atoms with Gasteiger partial charge in [-0.2, -0.15) is 0 Å². The van der Waals surface area contributed by atoms with Crippen LogP contribution in [0, 0.1) is 11.6 Å². The first kappa shape index (κ1) is 26.8. The highest BCUT2D eigenvalue weighted by molar-refractivity contribution is 7.93. The van der Waals surface area contributed by atoms with Crippen molar-refractivity contribution in [3.63, 3.8) is 0 Å². The van der Waals surface area contributed by atoms with Gasteiger partial charge in [0, 0.05) is 11.8 Å². The summed E-state index contributed by atoms with van der Waals surface area (Å²) in [5, 5.41) is 2.58. The first-order valence-electron chi connectivity index (χ1n) is 12.3. The quantitative estimate of drug-likeness (QED) is 0.428. The number of carbonyl (C=O) groups excluding carboxylic acids is 1. The number of hydrogen-bond acceptors (Lipinski definition) is 3. The van der Waals surface area contributed by atoms with E-state index in [1.165, 1.54) is 19.2 Å². The summed E-state index contributed by atoms with van der Waals surface area (Å²) in [4.78, 5) is 13.1. The smallest absolute Gasteiger partial charge is 0.354 e. The molecule has 2 aliphatic rings. The topological polar surface area (TPSA) is 79.8 Å². The van der Waals surface area contributed by atoms with Crippen LogP contribution >= 0.6 is 0 Å². The molecular weight excluding hydrogens is 500 g/mol. The minimum absolute atomic E-state index is 0.145. The van der Waals surface area contributed by atoms with Gasteiger partial charge in [-0.1, -0.05) is 33.9 Å². The van der Waals surface area contributed by atoms with E-state index in [0.717, 1.165) is 30.0 Å². The molecule has 10 heteroatoms. The highest BCUT2D eigenvalue weighted by Crippen LogP contribution is 2.41. The minimum Gasteiger partial charge on any atom is -0.497 e. The molecule has 1 atom stereocenters. The van der Waals surface area contributed by atoms with E-state index in [9.17, 15) is 9.00 Å². The van der Waals surface area contributed by atoms with E-state index in [1.807, 2.05) is 33.9 Å². The van der Waals surface area contributed by atoms with Crippen LogP contribution in [0.3, 0.4) is 0 Å². The number of ether oxygens (including phenoxy) is 1. The van der Waals surface area contributed by atoms with Gasteiger partial charge in [0.15, 0.2) is 0 Å². The van der Waals surface area contributed by atoms with E-state index in [0.29, 0.717) is 42.5 Å². The Balaban J connectivity index is 1.81. The summed E-state index contributed by atoms with van der Waals surface area (Å²) in [6.07, 6.45) is 4.23. The third-order valence-corrected chi connectivity index (χ3v) is 16.0. The second-order valence-electron chi connectivity index (χ2n) is 11.1. The van der Waals surface area contributed by atoms with Gasteiger partial charge in [-0.25, -0.2) is 22.2 Å². The van der Waals surface area contributed by atoms with E-state index in [2.05, 4.69) is 14.1 Å². The highest BCUT2D eigenvalue weighted by atomic mass is 32.2. The molecule has 2 N–H and O–H groups in total. The molecule has 0 heterocycles. The van der Waals surface area contributed by atoms with Crippen molar-refractivity contribution in [2.45, 2.75) is 82.3 Å². The van der Waals surface area contributed by atoms with E-state index in [4.69, 9.17) is 4.74 Å². The molecule has 2 aromatic rings. The van der Waals surface area contributed by atoms with E-state index >= 15 is 8.78 Å². The Bertz CT molecular complexity index is 1310. The molecule has 0 aromatic heterocycles. The second kappa shape index (κ2) is 9.53. The Labute approximate surface area is 213 Å². The first-order valence-corrected chi connectivity index (χ1v) is 16.8. The fraction of sp³-hybridized carbons (Fsp3) is 0.500. The van der Waals surface area contributed by atoms with Crippen molar-refractivity contribution in [1.29, 1.82) is 0 Å². The molecule has 0 saturated heterocycles. The molecule has 6 nitrogen and oxygen atoms in total. The SMILES string of the molecule is COc1ccc(S(=O)(=NC(=O)Nc2c3c(c(F)c4c2CCC4)CCC3)N[Si](C)(C)C(C)(C)C)c(F)c1. The number of urea groups is 1. The zero-order chi connectivity index (χ0) is 26.5. The van der Waals surface area contributed by atoms with Crippen LogP contribution < -0.4 is 14.4 Å². The number of halogens is 2. The molecule has 0 bridgehead atoms. The lowest BCUT2D eigenvalue weighted by Crippen LogP contribution is -2.54. The molecule has 0 aliphatic heterocycles. The lowest BCUT2D eigenvalue weighted by Gasteiger charge is -2.38. The largest absolute Gasteiger partial charge is 0.497 e. The summed E-state index contributed by atoms with van der Waals surface area (Å²) in [5.74, 6) is -0.647. The van der Waals surface area contributed by atoms with E-state index < -0.39 is 30.0 Å². The maximum absolute atomic E-state index is 15.2. The Hall–Kier alpha value is -2.30. The maximum atomic E-state index is 15.2. The normalized spacial score (nSPS) is 16.8. The van der Waals surface area contributed by atoms with Crippen molar-refractivity contribution >= 4 is 29.9 Å². The number of methoxy groups -OCH3 is 1. The van der Waals surface area contributed by atoms with E-state index in [-0.39, 0.29) is 21.5 Å². The van der Waals surface area contributed by atoms with Crippen molar-refractivity contribution in [2.75, 3.05) is 12.4 Å². The van der Waals surface area contributed by atoms with Gasteiger partial charge < -0.3 is 10.1 Å². The average Bonchev–Trinajstić information content (AvgIpc) is 3.45. The van der Waals surface area contributed by atoms with Gasteiger partial charge in [0.1, 0.15) is 35.5 Å². The van der Waals surface area contributed by atoms with Crippen molar-refractivity contribution in [3.05, 3.63) is 52.1 Å². The van der Waals surface area contributed by atoms with Crippen LogP contribution in [0.5, 0.6) is 5.75 Å². The van der Waals surface area contributed by atoms with Gasteiger partial charge in [0.2, 0.25) is 0 Å². The highest BCUT2D eigenvalue weighted by Gasteiger charge is 2.40. The van der Waals surface area contributed by atoms with E-state index in [1.54, 1.807) is 0 Å². The van der Waals surface area contributed by atoms with Crippen LogP contribution in [-0.2, 0) is 35.6 Å². The summed E-state index contributed by atoms with van der Waals surface area (Å²) in [6, 6.07) is 3.14. The van der Waals surface area contributed by atoms with Gasteiger partial charge in [-0.3, -0.25) is 0 Å². The monoisotopic (exact) mass is 535 g/mol. The van der Waals surface area contributed by atoms with Crippen LogP contribution in [-0.4, -0.2) is 25.6 Å². The lowest BCUT2D eigenvalue weighted by molar-refractivity contribution is 0.260. The predicted octanol–water partition coefficient (Wildman–Crippen LogP) is 6.52. The van der Waals surface area contributed by atoms with Gasteiger partial charge in [-0.15, -0.1) is 4.36 Å². The van der Waals surface area contributed by atoms with Gasteiger partial charge in [0.05, 0.1) is 12.0 Å². The maximum Gasteiger partial charge on any atom is 0.354 e. The first-order chi connectivity index (χ1) is 16.8. The molecule has 0 fully saturated rings. The van der Waals surface area contributed by atoms with Crippen molar-refractivity contribution < 1.29 is 22.5 Å². The second-order valence-corrected chi connectivity index (χ2v) is 18.4. The Morgan fingerprint density at radius 3 is 2.08 bits per heavy atom. The molecule has 2 aromatic carbocycles. The lowest BCUT2D eigenvalue weighted by atomic mass is 9.98. The number of fused-ring (bicyclic) bond motifs is 2. The van der Waals surface area contributed by atoms with Crippen molar-refractivity contribution in [2.24, 2.45) is 4.36 Å². The molecule has 4 rings (SSSR count). The average molecular weight is 536 g/mol. The zero-order valence-corrected chi connectivity index (χ0v) is 23.6. The number of nitrogens with one attached hydrogen (secondary N) is 2. The number of benzene rings is 2. The number of anilines is 1. The van der Waals surface area contributed by atoms with Gasteiger partial charge in [-0.05, 0) is 77.9 Å². The summed E-state index contributed by atoms with van der Waals surface area (Å²) < 4.78 is 56.9. The Morgan fingerprint density at radius 2 is 1.58 bits per heavy atom. The number of hydrogen-bond donors (Lipinski definition) is 2. The van der Waals surface area contributed by atoms with Gasteiger partial charge >= 0.3 is 6.03 Å².